The van der Waals surface area contributed by atoms with Crippen molar-refractivity contribution in [2.24, 2.45) is 0 Å². The number of aryl methyl sites for hydroxylation is 3. The first kappa shape index (κ1) is 21.0. The smallest absolute Gasteiger partial charge is 0.291 e. The van der Waals surface area contributed by atoms with E-state index >= 15 is 0 Å². The van der Waals surface area contributed by atoms with E-state index in [9.17, 15) is 4.79 Å². The van der Waals surface area contributed by atoms with E-state index in [0.717, 1.165) is 38.9 Å². The SMILES string of the molecule is Cc1cc2nc(-c3ccc(C)c(NC(=O)c4ccc(-c5ccc(Cl)cc5)o4)c3)oc2cc1C. The Morgan fingerprint density at radius 2 is 1.55 bits per heavy atom. The molecule has 0 saturated carbocycles. The number of furan rings is 1. The van der Waals surface area contributed by atoms with Gasteiger partial charge in [0.15, 0.2) is 11.3 Å². The summed E-state index contributed by atoms with van der Waals surface area (Å²) in [5, 5.41) is 3.58. The van der Waals surface area contributed by atoms with Crippen molar-refractivity contribution in [1.29, 1.82) is 0 Å². The molecule has 5 aromatic rings. The fourth-order valence-electron chi connectivity index (χ4n) is 3.61. The summed E-state index contributed by atoms with van der Waals surface area (Å²) >= 11 is 5.95. The molecule has 2 aromatic heterocycles. The number of anilines is 1. The molecular formula is C27H21ClN2O3. The van der Waals surface area contributed by atoms with Gasteiger partial charge in [-0.3, -0.25) is 4.79 Å². The lowest BCUT2D eigenvalue weighted by Gasteiger charge is -2.08. The number of rotatable bonds is 4. The number of hydrogen-bond donors (Lipinski definition) is 1. The van der Waals surface area contributed by atoms with Gasteiger partial charge in [-0.2, -0.15) is 0 Å². The highest BCUT2D eigenvalue weighted by atomic mass is 35.5. The van der Waals surface area contributed by atoms with Crippen LogP contribution in [-0.2, 0) is 0 Å². The van der Waals surface area contributed by atoms with E-state index in [-0.39, 0.29) is 11.7 Å². The second kappa shape index (κ2) is 8.26. The highest BCUT2D eigenvalue weighted by molar-refractivity contribution is 6.30. The Balaban J connectivity index is 1.41. The number of aromatic nitrogens is 1. The van der Waals surface area contributed by atoms with Crippen molar-refractivity contribution >= 4 is 34.3 Å². The van der Waals surface area contributed by atoms with Crippen LogP contribution in [0.4, 0.5) is 5.69 Å². The molecule has 33 heavy (non-hydrogen) atoms. The second-order valence-electron chi connectivity index (χ2n) is 8.08. The monoisotopic (exact) mass is 456 g/mol. The van der Waals surface area contributed by atoms with E-state index in [2.05, 4.69) is 17.2 Å². The van der Waals surface area contributed by atoms with Gasteiger partial charge in [-0.15, -0.1) is 0 Å². The zero-order valence-electron chi connectivity index (χ0n) is 18.4. The fourth-order valence-corrected chi connectivity index (χ4v) is 3.73. The lowest BCUT2D eigenvalue weighted by atomic mass is 10.1. The van der Waals surface area contributed by atoms with Gasteiger partial charge in [-0.05, 0) is 98.1 Å². The Kier molecular flexibility index (Phi) is 5.27. The van der Waals surface area contributed by atoms with Crippen LogP contribution in [0, 0.1) is 20.8 Å². The average molecular weight is 457 g/mol. The minimum Gasteiger partial charge on any atom is -0.451 e. The van der Waals surface area contributed by atoms with E-state index < -0.39 is 0 Å². The molecule has 0 atom stereocenters. The van der Waals surface area contributed by atoms with Gasteiger partial charge in [-0.25, -0.2) is 4.98 Å². The highest BCUT2D eigenvalue weighted by Crippen LogP contribution is 2.30. The van der Waals surface area contributed by atoms with Crippen molar-refractivity contribution in [3.63, 3.8) is 0 Å². The predicted molar refractivity (Wildman–Crippen MR) is 131 cm³/mol. The van der Waals surface area contributed by atoms with Gasteiger partial charge in [0.05, 0.1) is 0 Å². The third kappa shape index (κ3) is 4.15. The molecule has 0 saturated heterocycles. The maximum absolute atomic E-state index is 12.9. The molecule has 5 rings (SSSR count). The number of amides is 1. The Labute approximate surface area is 196 Å². The third-order valence-electron chi connectivity index (χ3n) is 5.70. The topological polar surface area (TPSA) is 68.3 Å². The van der Waals surface area contributed by atoms with Crippen LogP contribution in [0.3, 0.4) is 0 Å². The molecule has 0 spiro atoms. The molecule has 0 unspecified atom stereocenters. The largest absolute Gasteiger partial charge is 0.451 e. The minimum absolute atomic E-state index is 0.220. The standard InChI is InChI=1S/C27H21ClN2O3/c1-15-4-5-19(27-30-22-12-16(2)17(3)13-25(22)33-27)14-21(15)29-26(31)24-11-10-23(32-24)18-6-8-20(28)9-7-18/h4-14H,1-3H3,(H,29,31). The summed E-state index contributed by atoms with van der Waals surface area (Å²) < 4.78 is 11.8. The Hall–Kier alpha value is -3.83. The van der Waals surface area contributed by atoms with E-state index in [4.69, 9.17) is 20.4 Å². The van der Waals surface area contributed by atoms with Crippen LogP contribution in [0.2, 0.25) is 5.02 Å². The number of carbonyl (C=O) groups excluding carboxylic acids is 1. The first-order valence-electron chi connectivity index (χ1n) is 10.5. The number of carbonyl (C=O) groups is 1. The number of oxazole rings is 1. The summed E-state index contributed by atoms with van der Waals surface area (Å²) in [4.78, 5) is 17.5. The lowest BCUT2D eigenvalue weighted by molar-refractivity contribution is 0.0997. The van der Waals surface area contributed by atoms with Gasteiger partial charge in [0.1, 0.15) is 11.3 Å². The molecule has 0 aliphatic carbocycles. The summed E-state index contributed by atoms with van der Waals surface area (Å²) in [7, 11) is 0. The maximum atomic E-state index is 12.9. The molecule has 0 radical (unpaired) electrons. The number of fused-ring (bicyclic) bond motifs is 1. The molecule has 0 fully saturated rings. The zero-order chi connectivity index (χ0) is 23.1. The molecule has 6 heteroatoms. The van der Waals surface area contributed by atoms with Crippen molar-refractivity contribution in [2.75, 3.05) is 5.32 Å². The number of halogens is 1. The third-order valence-corrected chi connectivity index (χ3v) is 5.95. The molecule has 1 amide bonds. The lowest BCUT2D eigenvalue weighted by Crippen LogP contribution is -2.11. The van der Waals surface area contributed by atoms with Gasteiger partial charge in [0.2, 0.25) is 5.89 Å². The fraction of sp³-hybridized carbons (Fsp3) is 0.111. The number of nitrogens with zero attached hydrogens (tertiary/aromatic N) is 1. The van der Waals surface area contributed by atoms with Gasteiger partial charge in [-0.1, -0.05) is 17.7 Å². The summed E-state index contributed by atoms with van der Waals surface area (Å²) in [6.45, 7) is 6.03. The maximum Gasteiger partial charge on any atom is 0.291 e. The van der Waals surface area contributed by atoms with Gasteiger partial charge < -0.3 is 14.2 Å². The van der Waals surface area contributed by atoms with Gasteiger partial charge in [0, 0.05) is 21.8 Å². The van der Waals surface area contributed by atoms with Crippen LogP contribution < -0.4 is 5.32 Å². The Morgan fingerprint density at radius 3 is 2.33 bits per heavy atom. The quantitative estimate of drug-likeness (QED) is 0.302. The molecule has 0 bridgehead atoms. The van der Waals surface area contributed by atoms with Gasteiger partial charge >= 0.3 is 0 Å². The summed E-state index contributed by atoms with van der Waals surface area (Å²) in [5.41, 5.74) is 7.07. The van der Waals surface area contributed by atoms with Crippen LogP contribution in [0.5, 0.6) is 0 Å². The zero-order valence-corrected chi connectivity index (χ0v) is 19.2. The van der Waals surface area contributed by atoms with E-state index in [0.29, 0.717) is 22.4 Å². The van der Waals surface area contributed by atoms with Crippen molar-refractivity contribution < 1.29 is 13.6 Å². The van der Waals surface area contributed by atoms with Crippen LogP contribution >= 0.6 is 11.6 Å². The second-order valence-corrected chi connectivity index (χ2v) is 8.51. The molecule has 0 aliphatic rings. The predicted octanol–water partition coefficient (Wildman–Crippen LogP) is 7.59. The van der Waals surface area contributed by atoms with Crippen molar-refractivity contribution in [3.8, 4) is 22.8 Å². The molecule has 2 heterocycles. The molecule has 1 N–H and O–H groups in total. The summed E-state index contributed by atoms with van der Waals surface area (Å²) in [6, 6.07) is 20.4. The molecular weight excluding hydrogens is 436 g/mol. The van der Waals surface area contributed by atoms with Crippen molar-refractivity contribution in [2.45, 2.75) is 20.8 Å². The van der Waals surface area contributed by atoms with Crippen LogP contribution in [0.15, 0.2) is 75.6 Å². The number of hydrogen-bond acceptors (Lipinski definition) is 4. The normalized spacial score (nSPS) is 11.2. The minimum atomic E-state index is -0.334. The first-order valence-corrected chi connectivity index (χ1v) is 10.9. The van der Waals surface area contributed by atoms with Crippen LogP contribution in [-0.4, -0.2) is 10.9 Å². The molecule has 5 nitrogen and oxygen atoms in total. The molecule has 0 aliphatic heterocycles. The van der Waals surface area contributed by atoms with Gasteiger partial charge in [0.25, 0.3) is 5.91 Å². The van der Waals surface area contributed by atoms with Crippen molar-refractivity contribution in [1.82, 2.24) is 4.98 Å². The first-order chi connectivity index (χ1) is 15.9. The average Bonchev–Trinajstić information content (AvgIpc) is 3.44. The summed E-state index contributed by atoms with van der Waals surface area (Å²) in [5.74, 6) is 0.990. The highest BCUT2D eigenvalue weighted by Gasteiger charge is 2.16. The molecule has 164 valence electrons. The van der Waals surface area contributed by atoms with E-state index in [1.54, 1.807) is 24.3 Å². The van der Waals surface area contributed by atoms with E-state index in [1.807, 2.05) is 56.3 Å². The molecule has 3 aromatic carbocycles. The Bertz CT molecular complexity index is 1460. The van der Waals surface area contributed by atoms with Crippen LogP contribution in [0.25, 0.3) is 33.9 Å². The summed E-state index contributed by atoms with van der Waals surface area (Å²) in [6.07, 6.45) is 0. The van der Waals surface area contributed by atoms with Crippen LogP contribution in [0.1, 0.15) is 27.2 Å². The van der Waals surface area contributed by atoms with Crippen molar-refractivity contribution in [3.05, 3.63) is 94.2 Å². The number of nitrogens with one attached hydrogen (secondary N) is 1. The Morgan fingerprint density at radius 1 is 0.818 bits per heavy atom. The van der Waals surface area contributed by atoms with E-state index in [1.165, 1.54) is 0 Å². The number of benzene rings is 3.